The number of alkyl halides is 3. The Hall–Kier alpha value is -2.28. The van der Waals surface area contributed by atoms with Crippen LogP contribution in [0.5, 0.6) is 0 Å². The molecule has 0 saturated heterocycles. The van der Waals surface area contributed by atoms with Crippen molar-refractivity contribution in [2.24, 2.45) is 5.73 Å². The van der Waals surface area contributed by atoms with E-state index >= 15 is 0 Å². The molecule has 22 heavy (non-hydrogen) atoms. The topological polar surface area (TPSA) is 68.0 Å². The molecule has 2 aromatic rings. The van der Waals surface area contributed by atoms with Gasteiger partial charge in [-0.15, -0.1) is 0 Å². The maximum atomic E-state index is 12.5. The van der Waals surface area contributed by atoms with Crippen LogP contribution >= 0.6 is 11.6 Å². The zero-order valence-electron chi connectivity index (χ0n) is 11.1. The lowest BCUT2D eigenvalue weighted by Crippen LogP contribution is -2.15. The second-order valence-corrected chi connectivity index (χ2v) is 4.85. The third-order valence-corrected chi connectivity index (χ3v) is 3.11. The minimum atomic E-state index is -4.37. The minimum Gasteiger partial charge on any atom is -0.380 e. The Kier molecular flexibility index (Phi) is 4.56. The molecular formula is C14H11ClF3N3O. The molecule has 0 aliphatic heterocycles. The molecule has 0 saturated carbocycles. The fraction of sp³-hybridized carbons (Fsp3) is 0.143. The first-order valence-corrected chi connectivity index (χ1v) is 6.50. The summed E-state index contributed by atoms with van der Waals surface area (Å²) in [7, 11) is 0. The Bertz CT molecular complexity index is 687. The van der Waals surface area contributed by atoms with Gasteiger partial charge >= 0.3 is 6.18 Å². The number of carbonyl (C=O) groups is 1. The predicted molar refractivity (Wildman–Crippen MR) is 76.5 cm³/mol. The number of carbonyl (C=O) groups excluding carboxylic acids is 1. The summed E-state index contributed by atoms with van der Waals surface area (Å²) in [6.07, 6.45) is -3.14. The van der Waals surface area contributed by atoms with Gasteiger partial charge in [-0.2, -0.15) is 13.2 Å². The van der Waals surface area contributed by atoms with Crippen LogP contribution in [0.15, 0.2) is 36.5 Å². The molecule has 0 fully saturated rings. The van der Waals surface area contributed by atoms with E-state index < -0.39 is 17.6 Å². The van der Waals surface area contributed by atoms with Crippen molar-refractivity contribution in [2.45, 2.75) is 12.7 Å². The van der Waals surface area contributed by atoms with Crippen LogP contribution in [0.25, 0.3) is 0 Å². The van der Waals surface area contributed by atoms with Gasteiger partial charge in [0.1, 0.15) is 5.15 Å². The van der Waals surface area contributed by atoms with E-state index in [1.807, 2.05) is 0 Å². The molecule has 0 aliphatic rings. The van der Waals surface area contributed by atoms with Crippen LogP contribution in [0.3, 0.4) is 0 Å². The molecule has 1 heterocycles. The second kappa shape index (κ2) is 6.23. The smallest absolute Gasteiger partial charge is 0.380 e. The van der Waals surface area contributed by atoms with E-state index in [0.29, 0.717) is 11.3 Å². The number of hydrogen-bond donors (Lipinski definition) is 2. The molecular weight excluding hydrogens is 319 g/mol. The molecule has 1 aromatic heterocycles. The van der Waals surface area contributed by atoms with Gasteiger partial charge < -0.3 is 11.1 Å². The highest BCUT2D eigenvalue weighted by Crippen LogP contribution is 2.29. The van der Waals surface area contributed by atoms with Crippen molar-refractivity contribution in [1.29, 1.82) is 0 Å². The van der Waals surface area contributed by atoms with Gasteiger partial charge in [0.15, 0.2) is 0 Å². The van der Waals surface area contributed by atoms with Crippen molar-refractivity contribution < 1.29 is 18.0 Å². The van der Waals surface area contributed by atoms with Crippen molar-refractivity contribution in [3.8, 4) is 0 Å². The van der Waals surface area contributed by atoms with Crippen LogP contribution in [0, 0.1) is 0 Å². The summed E-state index contributed by atoms with van der Waals surface area (Å²) in [4.78, 5) is 15.0. The van der Waals surface area contributed by atoms with Gasteiger partial charge in [0, 0.05) is 12.7 Å². The Labute approximate surface area is 129 Å². The van der Waals surface area contributed by atoms with Crippen LogP contribution in [-0.4, -0.2) is 10.9 Å². The number of primary amides is 1. The number of nitrogens with two attached hydrogens (primary N) is 1. The molecule has 2 rings (SSSR count). The summed E-state index contributed by atoms with van der Waals surface area (Å²) in [5.41, 5.74) is 5.62. The number of nitrogens with zero attached hydrogens (tertiary/aromatic N) is 1. The van der Waals surface area contributed by atoms with Gasteiger partial charge in [0.2, 0.25) is 0 Å². The van der Waals surface area contributed by atoms with Gasteiger partial charge in [-0.05, 0) is 23.8 Å². The third-order valence-electron chi connectivity index (χ3n) is 2.90. The van der Waals surface area contributed by atoms with Crippen LogP contribution in [0.4, 0.5) is 18.9 Å². The first-order valence-electron chi connectivity index (χ1n) is 6.13. The second-order valence-electron chi connectivity index (χ2n) is 4.47. The van der Waals surface area contributed by atoms with E-state index in [1.165, 1.54) is 24.4 Å². The minimum absolute atomic E-state index is 0.149. The van der Waals surface area contributed by atoms with E-state index in [2.05, 4.69) is 10.3 Å². The fourth-order valence-corrected chi connectivity index (χ4v) is 1.94. The molecule has 0 aliphatic carbocycles. The molecule has 8 heteroatoms. The van der Waals surface area contributed by atoms with Crippen LogP contribution in [-0.2, 0) is 12.7 Å². The summed E-state index contributed by atoms with van der Waals surface area (Å²) in [6, 6.07) is 6.11. The predicted octanol–water partition coefficient (Wildman–Crippen LogP) is 3.46. The number of pyridine rings is 1. The Balaban J connectivity index is 2.13. The van der Waals surface area contributed by atoms with Gasteiger partial charge in [0.25, 0.3) is 5.91 Å². The lowest BCUT2D eigenvalue weighted by atomic mass is 10.1. The highest BCUT2D eigenvalue weighted by molar-refractivity contribution is 6.29. The maximum Gasteiger partial charge on any atom is 0.416 e. The molecule has 1 amide bonds. The quantitative estimate of drug-likeness (QED) is 0.844. The van der Waals surface area contributed by atoms with E-state index in [1.54, 1.807) is 0 Å². The van der Waals surface area contributed by atoms with Crippen LogP contribution in [0.2, 0.25) is 5.15 Å². The normalized spacial score (nSPS) is 11.3. The van der Waals surface area contributed by atoms with E-state index in [4.69, 9.17) is 17.3 Å². The SMILES string of the molecule is NC(=O)c1cnc(Cl)cc1NCc1ccc(C(F)(F)F)cc1. The van der Waals surface area contributed by atoms with E-state index in [-0.39, 0.29) is 17.3 Å². The largest absolute Gasteiger partial charge is 0.416 e. The van der Waals surface area contributed by atoms with Crippen LogP contribution < -0.4 is 11.1 Å². The zero-order valence-corrected chi connectivity index (χ0v) is 11.9. The molecule has 0 bridgehead atoms. The number of amides is 1. The highest BCUT2D eigenvalue weighted by atomic mass is 35.5. The number of nitrogens with one attached hydrogen (secondary N) is 1. The van der Waals surface area contributed by atoms with Crippen molar-refractivity contribution in [3.63, 3.8) is 0 Å². The number of aromatic nitrogens is 1. The standard InChI is InChI=1S/C14H11ClF3N3O/c15-12-5-11(10(7-21-12)13(19)22)20-6-8-1-3-9(4-2-8)14(16,17)18/h1-5,7H,6H2,(H2,19,22)(H,20,21). The Morgan fingerprint density at radius 1 is 1.27 bits per heavy atom. The molecule has 0 unspecified atom stereocenters. The lowest BCUT2D eigenvalue weighted by molar-refractivity contribution is -0.137. The third kappa shape index (κ3) is 3.88. The summed E-state index contributed by atoms with van der Waals surface area (Å²) in [5.74, 6) is -0.681. The first-order chi connectivity index (χ1) is 10.3. The summed E-state index contributed by atoms with van der Waals surface area (Å²) >= 11 is 5.75. The van der Waals surface area contributed by atoms with Crippen molar-refractivity contribution in [3.05, 3.63) is 58.4 Å². The summed E-state index contributed by atoms with van der Waals surface area (Å²) in [6.45, 7) is 0.207. The van der Waals surface area contributed by atoms with Gasteiger partial charge in [-0.25, -0.2) is 4.98 Å². The molecule has 1 aromatic carbocycles. The van der Waals surface area contributed by atoms with Crippen molar-refractivity contribution in [2.75, 3.05) is 5.32 Å². The first kappa shape index (κ1) is 16.1. The molecule has 116 valence electrons. The van der Waals surface area contributed by atoms with Gasteiger partial charge in [-0.1, -0.05) is 23.7 Å². The Morgan fingerprint density at radius 3 is 2.45 bits per heavy atom. The lowest BCUT2D eigenvalue weighted by Gasteiger charge is -2.11. The number of benzene rings is 1. The molecule has 0 atom stereocenters. The highest BCUT2D eigenvalue weighted by Gasteiger charge is 2.29. The molecule has 3 N–H and O–H groups in total. The maximum absolute atomic E-state index is 12.5. The summed E-state index contributed by atoms with van der Waals surface area (Å²) in [5, 5.41) is 3.07. The van der Waals surface area contributed by atoms with Crippen molar-refractivity contribution in [1.82, 2.24) is 4.98 Å². The molecule has 4 nitrogen and oxygen atoms in total. The average molecular weight is 330 g/mol. The fourth-order valence-electron chi connectivity index (χ4n) is 1.78. The monoisotopic (exact) mass is 329 g/mol. The number of rotatable bonds is 4. The number of halogens is 4. The Morgan fingerprint density at radius 2 is 1.91 bits per heavy atom. The number of anilines is 1. The van der Waals surface area contributed by atoms with E-state index in [0.717, 1.165) is 12.1 Å². The summed E-state index contributed by atoms with van der Waals surface area (Å²) < 4.78 is 37.4. The number of hydrogen-bond acceptors (Lipinski definition) is 3. The van der Waals surface area contributed by atoms with Gasteiger partial charge in [-0.3, -0.25) is 4.79 Å². The van der Waals surface area contributed by atoms with Crippen molar-refractivity contribution >= 4 is 23.2 Å². The molecule has 0 radical (unpaired) electrons. The van der Waals surface area contributed by atoms with E-state index in [9.17, 15) is 18.0 Å². The molecule has 0 spiro atoms. The van der Waals surface area contributed by atoms with Gasteiger partial charge in [0.05, 0.1) is 16.8 Å². The van der Waals surface area contributed by atoms with Crippen LogP contribution in [0.1, 0.15) is 21.5 Å². The average Bonchev–Trinajstić information content (AvgIpc) is 2.44. The zero-order chi connectivity index (χ0) is 16.3.